The molecule has 5 rings (SSSR count). The largest absolute Gasteiger partial charge is 1.00 e. The van der Waals surface area contributed by atoms with Crippen molar-refractivity contribution in [3.8, 4) is 0 Å². The standard InChI is InChI=1S/C32H31N2O8.HI.H2O/c1-33-18-19-34(21-33)20-25-26(40-29(35)22-12-6-3-7-13-22)27(41-30(36)23-14-8-4-9-15-23)28(32(38-2)39-25)42-31(37)24-16-10-5-11-17-24;;/h3-19,21,25-28,32H,20H2,1-2H3;1H;1H2/q+1;;/p-1/t25-,26-,27+,28-,32+;;/m1../s1. The SMILES string of the molecule is CO[C@H]1O[C@H](Cn2cc[n+](C)c2)[C@@H](OC(=O)c2ccccc2)[C@H](OC(=O)c2ccccc2)[C@H]1OC(=O)c1ccccc1.O.[I-]. The van der Waals surface area contributed by atoms with Crippen molar-refractivity contribution in [2.45, 2.75) is 37.3 Å². The molecule has 1 aliphatic rings. The molecule has 0 spiro atoms. The van der Waals surface area contributed by atoms with Gasteiger partial charge < -0.3 is 53.1 Å². The van der Waals surface area contributed by atoms with Crippen molar-refractivity contribution in [2.75, 3.05) is 7.11 Å². The van der Waals surface area contributed by atoms with E-state index >= 15 is 0 Å². The molecule has 12 heteroatoms. The number of carbonyl (C=O) groups excluding carboxylic acids is 3. The zero-order valence-electron chi connectivity index (χ0n) is 24.0. The van der Waals surface area contributed by atoms with Gasteiger partial charge in [-0.1, -0.05) is 54.6 Å². The van der Waals surface area contributed by atoms with Crippen LogP contribution in [-0.2, 0) is 37.3 Å². The molecule has 1 aromatic heterocycles. The second-order valence-corrected chi connectivity index (χ2v) is 9.76. The third kappa shape index (κ3) is 8.29. The number of ether oxygens (including phenoxy) is 5. The minimum Gasteiger partial charge on any atom is -1.00 e. The first-order valence-corrected chi connectivity index (χ1v) is 13.4. The van der Waals surface area contributed by atoms with E-state index in [1.807, 2.05) is 34.9 Å². The second-order valence-electron chi connectivity index (χ2n) is 9.76. The summed E-state index contributed by atoms with van der Waals surface area (Å²) in [5.41, 5.74) is 0.844. The van der Waals surface area contributed by atoms with Gasteiger partial charge in [0.1, 0.15) is 25.0 Å². The lowest BCUT2D eigenvalue weighted by atomic mass is 9.97. The summed E-state index contributed by atoms with van der Waals surface area (Å²) < 4.78 is 33.5. The summed E-state index contributed by atoms with van der Waals surface area (Å²) >= 11 is 0. The van der Waals surface area contributed by atoms with Crippen LogP contribution in [0.5, 0.6) is 0 Å². The summed E-state index contributed by atoms with van der Waals surface area (Å²) in [6.45, 7) is 0.214. The van der Waals surface area contributed by atoms with Gasteiger partial charge in [0.05, 0.1) is 23.7 Å². The van der Waals surface area contributed by atoms with Gasteiger partial charge >= 0.3 is 17.9 Å². The Hall–Kier alpha value is -4.11. The van der Waals surface area contributed by atoms with E-state index in [9.17, 15) is 14.4 Å². The Balaban J connectivity index is 0.00000264. The molecule has 4 aromatic rings. The van der Waals surface area contributed by atoms with Gasteiger partial charge in [-0.3, -0.25) is 0 Å². The zero-order valence-corrected chi connectivity index (χ0v) is 26.2. The zero-order chi connectivity index (χ0) is 29.5. The summed E-state index contributed by atoms with van der Waals surface area (Å²) in [5.74, 6) is -2.03. The number of rotatable bonds is 9. The Kier molecular flexibility index (Phi) is 12.6. The van der Waals surface area contributed by atoms with E-state index in [0.29, 0.717) is 5.56 Å². The van der Waals surface area contributed by atoms with E-state index in [2.05, 4.69) is 0 Å². The predicted octanol–water partition coefficient (Wildman–Crippen LogP) is -0.460. The maximum Gasteiger partial charge on any atom is 0.338 e. The molecule has 1 fully saturated rings. The molecule has 232 valence electrons. The van der Waals surface area contributed by atoms with Crippen molar-refractivity contribution in [3.05, 3.63) is 126 Å². The monoisotopic (exact) mass is 716 g/mol. The molecule has 3 aromatic carbocycles. The molecule has 0 aliphatic carbocycles. The van der Waals surface area contributed by atoms with E-state index < -0.39 is 48.6 Å². The molecule has 1 aliphatic heterocycles. The fraction of sp³-hybridized carbons (Fsp3) is 0.250. The number of halogens is 1. The molecule has 0 amide bonds. The molecule has 11 nitrogen and oxygen atoms in total. The smallest absolute Gasteiger partial charge is 0.338 e. The van der Waals surface area contributed by atoms with Gasteiger partial charge in [0, 0.05) is 7.11 Å². The van der Waals surface area contributed by atoms with E-state index in [0.717, 1.165) is 0 Å². The van der Waals surface area contributed by atoms with Crippen LogP contribution in [0.25, 0.3) is 0 Å². The average molecular weight is 717 g/mol. The average Bonchev–Trinajstić information content (AvgIpc) is 3.44. The van der Waals surface area contributed by atoms with Crippen molar-refractivity contribution in [2.24, 2.45) is 7.05 Å². The van der Waals surface area contributed by atoms with Gasteiger partial charge in [0.2, 0.25) is 6.33 Å². The van der Waals surface area contributed by atoms with Gasteiger partial charge in [0.15, 0.2) is 24.6 Å². The highest BCUT2D eigenvalue weighted by Crippen LogP contribution is 2.31. The van der Waals surface area contributed by atoms with Crippen LogP contribution in [0.4, 0.5) is 0 Å². The van der Waals surface area contributed by atoms with Crippen LogP contribution >= 0.6 is 0 Å². The Morgan fingerprint density at radius 2 is 1.16 bits per heavy atom. The minimum absolute atomic E-state index is 0. The highest BCUT2D eigenvalue weighted by molar-refractivity contribution is 5.91. The topological polar surface area (TPSA) is 138 Å². The summed E-state index contributed by atoms with van der Waals surface area (Å²) in [6.07, 6.45) is -0.243. The van der Waals surface area contributed by atoms with Gasteiger partial charge in [0.25, 0.3) is 0 Å². The molecule has 0 radical (unpaired) electrons. The lowest BCUT2D eigenvalue weighted by Crippen LogP contribution is -3.00. The van der Waals surface area contributed by atoms with Crippen LogP contribution in [0.3, 0.4) is 0 Å². The molecule has 2 heterocycles. The molecule has 44 heavy (non-hydrogen) atoms. The lowest BCUT2D eigenvalue weighted by Gasteiger charge is -2.43. The molecule has 2 N–H and O–H groups in total. The Morgan fingerprint density at radius 3 is 1.57 bits per heavy atom. The molecule has 1 saturated heterocycles. The second kappa shape index (κ2) is 16.1. The number of benzene rings is 3. The molecule has 0 bridgehead atoms. The number of hydrogen-bond donors (Lipinski definition) is 0. The quantitative estimate of drug-likeness (QED) is 0.0983. The van der Waals surface area contributed by atoms with Crippen LogP contribution in [0.15, 0.2) is 110 Å². The summed E-state index contributed by atoms with van der Waals surface area (Å²) in [5, 5.41) is 0. The van der Waals surface area contributed by atoms with Crippen molar-refractivity contribution in [1.29, 1.82) is 0 Å². The van der Waals surface area contributed by atoms with Crippen LogP contribution in [0, 0.1) is 0 Å². The highest BCUT2D eigenvalue weighted by atomic mass is 127. The van der Waals surface area contributed by atoms with E-state index in [1.165, 1.54) is 7.11 Å². The van der Waals surface area contributed by atoms with E-state index in [4.69, 9.17) is 23.7 Å². The maximum atomic E-state index is 13.4. The first-order valence-electron chi connectivity index (χ1n) is 13.4. The number of aryl methyl sites for hydroxylation is 1. The van der Waals surface area contributed by atoms with Gasteiger partial charge in [-0.25, -0.2) is 23.5 Å². The normalized spacial score (nSPS) is 20.7. The molecule has 0 unspecified atom stereocenters. The third-order valence-corrected chi connectivity index (χ3v) is 6.80. The van der Waals surface area contributed by atoms with Gasteiger partial charge in [-0.05, 0) is 36.4 Å². The highest BCUT2D eigenvalue weighted by Gasteiger charge is 2.53. The van der Waals surface area contributed by atoms with Gasteiger partial charge in [-0.2, -0.15) is 0 Å². The molecular formula is C32H33IN2O9. The van der Waals surface area contributed by atoms with Crippen molar-refractivity contribution < 1.29 is 72.1 Å². The van der Waals surface area contributed by atoms with Crippen LogP contribution in [0.1, 0.15) is 31.1 Å². The number of nitrogens with zero attached hydrogens (tertiary/aromatic N) is 2. The number of imidazole rings is 1. The number of hydrogen-bond acceptors (Lipinski definition) is 8. The van der Waals surface area contributed by atoms with E-state index in [1.54, 1.807) is 91.0 Å². The fourth-order valence-corrected chi connectivity index (χ4v) is 4.73. The Morgan fingerprint density at radius 1 is 0.727 bits per heavy atom. The summed E-state index contributed by atoms with van der Waals surface area (Å²) in [7, 11) is 3.26. The Labute approximate surface area is 271 Å². The third-order valence-electron chi connectivity index (χ3n) is 6.80. The first kappa shape index (κ1) is 34.4. The van der Waals surface area contributed by atoms with Crippen LogP contribution in [-0.4, -0.2) is 65.8 Å². The van der Waals surface area contributed by atoms with Crippen LogP contribution < -0.4 is 28.5 Å². The van der Waals surface area contributed by atoms with Gasteiger partial charge in [-0.15, -0.1) is 0 Å². The molecule has 0 saturated carbocycles. The Bertz CT molecular complexity index is 1500. The molecular weight excluding hydrogens is 683 g/mol. The molecule has 5 atom stereocenters. The summed E-state index contributed by atoms with van der Waals surface area (Å²) in [4.78, 5) is 39.9. The van der Waals surface area contributed by atoms with Crippen molar-refractivity contribution >= 4 is 17.9 Å². The van der Waals surface area contributed by atoms with E-state index in [-0.39, 0.29) is 47.1 Å². The number of methoxy groups -OCH3 is 1. The fourth-order valence-electron chi connectivity index (χ4n) is 4.73. The maximum absolute atomic E-state index is 13.4. The van der Waals surface area contributed by atoms with Crippen molar-refractivity contribution in [3.63, 3.8) is 0 Å². The number of carbonyl (C=O) groups is 3. The summed E-state index contributed by atoms with van der Waals surface area (Å²) in [6, 6.07) is 25.2. The lowest BCUT2D eigenvalue weighted by molar-refractivity contribution is -0.671. The van der Waals surface area contributed by atoms with Crippen molar-refractivity contribution in [1.82, 2.24) is 4.57 Å². The minimum atomic E-state index is -1.29. The first-order chi connectivity index (χ1) is 20.4. The number of esters is 3. The van der Waals surface area contributed by atoms with Crippen LogP contribution in [0.2, 0.25) is 0 Å². The number of aromatic nitrogens is 2. The predicted molar refractivity (Wildman–Crippen MR) is 152 cm³/mol.